The summed E-state index contributed by atoms with van der Waals surface area (Å²) >= 11 is 5.99. The maximum absolute atomic E-state index is 5.99. The summed E-state index contributed by atoms with van der Waals surface area (Å²) in [6.07, 6.45) is 1.76. The standard InChI is InChI=1S/C9H12ClN3.ClH/c10-8-2-1-3-12-9(8)13-5-7(4-11)6-13;/h1-3,7H,4-6,11H2;1H. The van der Waals surface area contributed by atoms with Crippen LogP contribution in [0.5, 0.6) is 0 Å². The van der Waals surface area contributed by atoms with E-state index in [9.17, 15) is 0 Å². The smallest absolute Gasteiger partial charge is 0.147 e. The molecule has 0 spiro atoms. The average Bonchev–Trinajstić information content (AvgIpc) is 2.06. The summed E-state index contributed by atoms with van der Waals surface area (Å²) < 4.78 is 0. The Morgan fingerprint density at radius 3 is 2.86 bits per heavy atom. The predicted molar refractivity (Wildman–Crippen MR) is 61.3 cm³/mol. The molecule has 1 aromatic rings. The van der Waals surface area contributed by atoms with Gasteiger partial charge in [-0.25, -0.2) is 4.98 Å². The third kappa shape index (κ3) is 2.11. The van der Waals surface area contributed by atoms with Crippen LogP contribution < -0.4 is 10.6 Å². The maximum atomic E-state index is 5.99. The lowest BCUT2D eigenvalue weighted by atomic mass is 10.0. The van der Waals surface area contributed by atoms with Gasteiger partial charge in [0.1, 0.15) is 5.82 Å². The molecule has 1 fully saturated rings. The summed E-state index contributed by atoms with van der Waals surface area (Å²) in [6.45, 7) is 2.71. The number of halogens is 2. The van der Waals surface area contributed by atoms with E-state index in [-0.39, 0.29) is 12.4 Å². The van der Waals surface area contributed by atoms with E-state index in [1.165, 1.54) is 0 Å². The Bertz CT molecular complexity index is 300. The van der Waals surface area contributed by atoms with E-state index in [1.807, 2.05) is 12.1 Å². The zero-order valence-electron chi connectivity index (χ0n) is 7.69. The molecule has 2 rings (SSSR count). The van der Waals surface area contributed by atoms with Gasteiger partial charge in [-0.15, -0.1) is 12.4 Å². The second kappa shape index (κ2) is 4.82. The number of hydrogen-bond acceptors (Lipinski definition) is 3. The summed E-state index contributed by atoms with van der Waals surface area (Å²) in [7, 11) is 0. The van der Waals surface area contributed by atoms with Gasteiger partial charge < -0.3 is 10.6 Å². The van der Waals surface area contributed by atoms with Crippen molar-refractivity contribution >= 4 is 29.8 Å². The van der Waals surface area contributed by atoms with E-state index in [0.717, 1.165) is 30.5 Å². The minimum atomic E-state index is 0. The van der Waals surface area contributed by atoms with E-state index in [0.29, 0.717) is 5.92 Å². The number of nitrogens with zero attached hydrogens (tertiary/aromatic N) is 2. The van der Waals surface area contributed by atoms with Crippen LogP contribution in [0.2, 0.25) is 5.02 Å². The molecular weight excluding hydrogens is 221 g/mol. The molecule has 0 saturated carbocycles. The molecule has 0 radical (unpaired) electrons. The van der Waals surface area contributed by atoms with Crippen molar-refractivity contribution in [2.24, 2.45) is 11.7 Å². The molecular formula is C9H13Cl2N3. The number of rotatable bonds is 2. The number of pyridine rings is 1. The Morgan fingerprint density at radius 2 is 2.29 bits per heavy atom. The lowest BCUT2D eigenvalue weighted by molar-refractivity contribution is 0.417. The highest BCUT2D eigenvalue weighted by molar-refractivity contribution is 6.32. The predicted octanol–water partition coefficient (Wildman–Crippen LogP) is 1.55. The van der Waals surface area contributed by atoms with Gasteiger partial charge in [0.15, 0.2) is 0 Å². The fourth-order valence-corrected chi connectivity index (χ4v) is 1.74. The first-order chi connectivity index (χ1) is 6.31. The van der Waals surface area contributed by atoms with Crippen LogP contribution in [-0.4, -0.2) is 24.6 Å². The number of nitrogens with two attached hydrogens (primary N) is 1. The Hall–Kier alpha value is -0.510. The lowest BCUT2D eigenvalue weighted by Gasteiger charge is -2.39. The zero-order valence-corrected chi connectivity index (χ0v) is 9.26. The fourth-order valence-electron chi connectivity index (χ4n) is 1.50. The largest absolute Gasteiger partial charge is 0.355 e. The minimum Gasteiger partial charge on any atom is -0.355 e. The third-order valence-corrected chi connectivity index (χ3v) is 2.62. The third-order valence-electron chi connectivity index (χ3n) is 2.33. The van der Waals surface area contributed by atoms with Crippen LogP contribution in [-0.2, 0) is 0 Å². The Kier molecular flexibility index (Phi) is 3.98. The molecule has 1 saturated heterocycles. The highest BCUT2D eigenvalue weighted by Gasteiger charge is 2.27. The monoisotopic (exact) mass is 233 g/mol. The van der Waals surface area contributed by atoms with Crippen molar-refractivity contribution in [1.82, 2.24) is 4.98 Å². The molecule has 78 valence electrons. The molecule has 2 N–H and O–H groups in total. The number of aromatic nitrogens is 1. The Balaban J connectivity index is 0.000000980. The van der Waals surface area contributed by atoms with Crippen molar-refractivity contribution < 1.29 is 0 Å². The molecule has 1 aromatic heterocycles. The summed E-state index contributed by atoms with van der Waals surface area (Å²) in [4.78, 5) is 6.37. The van der Waals surface area contributed by atoms with E-state index >= 15 is 0 Å². The van der Waals surface area contributed by atoms with E-state index < -0.39 is 0 Å². The van der Waals surface area contributed by atoms with Gasteiger partial charge in [-0.3, -0.25) is 0 Å². The summed E-state index contributed by atoms with van der Waals surface area (Å²) in [5.74, 6) is 1.49. The molecule has 0 unspecified atom stereocenters. The van der Waals surface area contributed by atoms with Crippen LogP contribution in [0.4, 0.5) is 5.82 Å². The van der Waals surface area contributed by atoms with Crippen molar-refractivity contribution in [2.45, 2.75) is 0 Å². The Labute approximate surface area is 94.7 Å². The van der Waals surface area contributed by atoms with Crippen molar-refractivity contribution in [1.29, 1.82) is 0 Å². The van der Waals surface area contributed by atoms with Crippen LogP contribution >= 0.6 is 24.0 Å². The number of hydrogen-bond donors (Lipinski definition) is 1. The van der Waals surface area contributed by atoms with Gasteiger partial charge in [-0.05, 0) is 18.7 Å². The van der Waals surface area contributed by atoms with Crippen LogP contribution in [0.3, 0.4) is 0 Å². The van der Waals surface area contributed by atoms with Crippen LogP contribution in [0.1, 0.15) is 0 Å². The average molecular weight is 234 g/mol. The summed E-state index contributed by atoms with van der Waals surface area (Å²) in [6, 6.07) is 3.70. The molecule has 0 bridgehead atoms. The normalized spacial score (nSPS) is 16.0. The molecule has 3 nitrogen and oxygen atoms in total. The van der Waals surface area contributed by atoms with Crippen LogP contribution in [0.25, 0.3) is 0 Å². The topological polar surface area (TPSA) is 42.1 Å². The van der Waals surface area contributed by atoms with E-state index in [1.54, 1.807) is 6.20 Å². The molecule has 0 aliphatic carbocycles. The van der Waals surface area contributed by atoms with Gasteiger partial charge in [-0.2, -0.15) is 0 Å². The SMILES string of the molecule is Cl.NCC1CN(c2ncccc2Cl)C1. The molecule has 14 heavy (non-hydrogen) atoms. The lowest BCUT2D eigenvalue weighted by Crippen LogP contribution is -2.50. The van der Waals surface area contributed by atoms with E-state index in [4.69, 9.17) is 17.3 Å². The van der Waals surface area contributed by atoms with Gasteiger partial charge >= 0.3 is 0 Å². The van der Waals surface area contributed by atoms with Gasteiger partial charge in [0.2, 0.25) is 0 Å². The second-order valence-corrected chi connectivity index (χ2v) is 3.72. The van der Waals surface area contributed by atoms with Crippen molar-refractivity contribution in [2.75, 3.05) is 24.5 Å². The fraction of sp³-hybridized carbons (Fsp3) is 0.444. The maximum Gasteiger partial charge on any atom is 0.147 e. The minimum absolute atomic E-state index is 0. The first-order valence-electron chi connectivity index (χ1n) is 4.37. The first-order valence-corrected chi connectivity index (χ1v) is 4.74. The summed E-state index contributed by atoms with van der Waals surface area (Å²) in [5, 5.41) is 0.720. The molecule has 1 aliphatic rings. The van der Waals surface area contributed by atoms with Gasteiger partial charge in [0.05, 0.1) is 5.02 Å². The molecule has 0 atom stereocenters. The van der Waals surface area contributed by atoms with Crippen molar-refractivity contribution in [3.63, 3.8) is 0 Å². The van der Waals surface area contributed by atoms with Crippen molar-refractivity contribution in [3.8, 4) is 0 Å². The molecule has 2 heterocycles. The first kappa shape index (κ1) is 11.6. The van der Waals surface area contributed by atoms with Crippen molar-refractivity contribution in [3.05, 3.63) is 23.4 Å². The van der Waals surface area contributed by atoms with Gasteiger partial charge in [0.25, 0.3) is 0 Å². The van der Waals surface area contributed by atoms with Gasteiger partial charge in [0, 0.05) is 25.2 Å². The quantitative estimate of drug-likeness (QED) is 0.844. The molecule has 0 aromatic carbocycles. The highest BCUT2D eigenvalue weighted by atomic mass is 35.5. The Morgan fingerprint density at radius 1 is 1.57 bits per heavy atom. The van der Waals surface area contributed by atoms with Gasteiger partial charge in [-0.1, -0.05) is 11.6 Å². The van der Waals surface area contributed by atoms with E-state index in [2.05, 4.69) is 9.88 Å². The molecule has 1 aliphatic heterocycles. The summed E-state index contributed by atoms with van der Waals surface area (Å²) in [5.41, 5.74) is 5.53. The van der Waals surface area contributed by atoms with Crippen LogP contribution in [0.15, 0.2) is 18.3 Å². The molecule has 5 heteroatoms. The highest BCUT2D eigenvalue weighted by Crippen LogP contribution is 2.28. The zero-order chi connectivity index (χ0) is 9.26. The second-order valence-electron chi connectivity index (χ2n) is 3.32. The number of anilines is 1. The van der Waals surface area contributed by atoms with Crippen LogP contribution in [0, 0.1) is 5.92 Å². The molecule has 0 amide bonds.